The number of benzene rings is 2. The van der Waals surface area contributed by atoms with E-state index in [1.165, 1.54) is 6.07 Å². The van der Waals surface area contributed by atoms with Gasteiger partial charge in [0, 0.05) is 6.54 Å². The van der Waals surface area contributed by atoms with Crippen molar-refractivity contribution >= 4 is 5.69 Å². The van der Waals surface area contributed by atoms with E-state index in [4.69, 9.17) is 4.74 Å². The molecule has 2 aromatic carbocycles. The topological polar surface area (TPSA) is 64.4 Å². The van der Waals surface area contributed by atoms with E-state index in [0.717, 1.165) is 24.2 Å². The highest BCUT2D eigenvalue weighted by Gasteiger charge is 2.17. The number of nitrogens with zero attached hydrogens (tertiary/aromatic N) is 1. The number of hydrogen-bond acceptors (Lipinski definition) is 4. The van der Waals surface area contributed by atoms with Gasteiger partial charge in [-0.3, -0.25) is 10.1 Å². The molecule has 1 N–H and O–H groups in total. The molecular formula is C15H15FN2O3. The Balaban J connectivity index is 2.24. The van der Waals surface area contributed by atoms with Crippen molar-refractivity contribution in [2.75, 3.05) is 6.54 Å². The van der Waals surface area contributed by atoms with Crippen LogP contribution in [0.4, 0.5) is 10.1 Å². The van der Waals surface area contributed by atoms with Crippen molar-refractivity contribution in [1.82, 2.24) is 5.32 Å². The van der Waals surface area contributed by atoms with Crippen LogP contribution in [-0.2, 0) is 6.54 Å². The van der Waals surface area contributed by atoms with Crippen molar-refractivity contribution in [3.05, 3.63) is 64.0 Å². The molecule has 0 aliphatic rings. The summed E-state index contributed by atoms with van der Waals surface area (Å²) in [6, 6.07) is 10.4. The fraction of sp³-hybridized carbons (Fsp3) is 0.200. The zero-order valence-corrected chi connectivity index (χ0v) is 11.5. The van der Waals surface area contributed by atoms with Crippen molar-refractivity contribution in [2.45, 2.75) is 13.5 Å². The first-order valence-corrected chi connectivity index (χ1v) is 6.51. The molecule has 0 bridgehead atoms. The Morgan fingerprint density at radius 1 is 1.29 bits per heavy atom. The average Bonchev–Trinajstić information content (AvgIpc) is 2.47. The summed E-state index contributed by atoms with van der Waals surface area (Å²) in [5, 5.41) is 14.1. The molecule has 0 fully saturated rings. The van der Waals surface area contributed by atoms with Crippen molar-refractivity contribution < 1.29 is 14.1 Å². The van der Waals surface area contributed by atoms with Gasteiger partial charge >= 0.3 is 5.69 Å². The second-order valence-electron chi connectivity index (χ2n) is 4.40. The molecular weight excluding hydrogens is 275 g/mol. The summed E-state index contributed by atoms with van der Waals surface area (Å²) in [6.45, 7) is 3.52. The fourth-order valence-corrected chi connectivity index (χ4v) is 1.83. The van der Waals surface area contributed by atoms with E-state index in [9.17, 15) is 14.5 Å². The molecule has 6 heteroatoms. The molecule has 0 saturated carbocycles. The number of rotatable bonds is 6. The number of nitro groups is 1. The van der Waals surface area contributed by atoms with Gasteiger partial charge in [0.2, 0.25) is 5.75 Å². The van der Waals surface area contributed by atoms with Crippen LogP contribution in [-0.4, -0.2) is 11.5 Å². The van der Waals surface area contributed by atoms with Crippen molar-refractivity contribution in [2.24, 2.45) is 0 Å². The monoisotopic (exact) mass is 290 g/mol. The maximum atomic E-state index is 13.1. The summed E-state index contributed by atoms with van der Waals surface area (Å²) in [6.07, 6.45) is 0. The molecule has 0 aliphatic heterocycles. The first-order valence-electron chi connectivity index (χ1n) is 6.51. The van der Waals surface area contributed by atoms with E-state index in [0.29, 0.717) is 12.3 Å². The largest absolute Gasteiger partial charge is 0.450 e. The number of nitro benzene ring substituents is 1. The first-order chi connectivity index (χ1) is 10.1. The van der Waals surface area contributed by atoms with Gasteiger partial charge < -0.3 is 10.1 Å². The highest BCUT2D eigenvalue weighted by Crippen LogP contribution is 2.32. The lowest BCUT2D eigenvalue weighted by atomic mass is 10.2. The minimum Gasteiger partial charge on any atom is -0.450 e. The van der Waals surface area contributed by atoms with Gasteiger partial charge in [-0.2, -0.15) is 0 Å². The molecule has 0 saturated heterocycles. The lowest BCUT2D eigenvalue weighted by molar-refractivity contribution is -0.385. The molecule has 2 aromatic rings. The van der Waals surface area contributed by atoms with E-state index >= 15 is 0 Å². The van der Waals surface area contributed by atoms with Gasteiger partial charge in [-0.15, -0.1) is 0 Å². The molecule has 0 radical (unpaired) electrons. The normalized spacial score (nSPS) is 10.4. The standard InChI is InChI=1S/C15H15FN2O3/c1-2-17-10-11-4-3-5-13(8-11)21-15-7-6-12(16)9-14(15)18(19)20/h3-9,17H,2,10H2,1H3. The van der Waals surface area contributed by atoms with Gasteiger partial charge in [0.25, 0.3) is 0 Å². The highest BCUT2D eigenvalue weighted by atomic mass is 19.1. The molecule has 2 rings (SSSR count). The molecule has 0 amide bonds. The zero-order chi connectivity index (χ0) is 15.2. The predicted octanol–water partition coefficient (Wildman–Crippen LogP) is 3.64. The Morgan fingerprint density at radius 2 is 2.10 bits per heavy atom. The summed E-state index contributed by atoms with van der Waals surface area (Å²) in [7, 11) is 0. The van der Waals surface area contributed by atoms with Crippen LogP contribution in [0, 0.1) is 15.9 Å². The lowest BCUT2D eigenvalue weighted by Crippen LogP contribution is -2.11. The summed E-state index contributed by atoms with van der Waals surface area (Å²) in [4.78, 5) is 10.3. The van der Waals surface area contributed by atoms with Crippen LogP contribution in [0.15, 0.2) is 42.5 Å². The second-order valence-corrected chi connectivity index (χ2v) is 4.40. The van der Waals surface area contributed by atoms with Crippen LogP contribution in [0.5, 0.6) is 11.5 Å². The number of ether oxygens (including phenoxy) is 1. The zero-order valence-electron chi connectivity index (χ0n) is 11.5. The van der Waals surface area contributed by atoms with E-state index in [2.05, 4.69) is 5.32 Å². The van der Waals surface area contributed by atoms with Crippen LogP contribution in [0.3, 0.4) is 0 Å². The van der Waals surface area contributed by atoms with Gasteiger partial charge in [-0.25, -0.2) is 4.39 Å². The number of halogens is 1. The molecule has 110 valence electrons. The van der Waals surface area contributed by atoms with E-state index in [1.54, 1.807) is 18.2 Å². The van der Waals surface area contributed by atoms with Crippen LogP contribution in [0.1, 0.15) is 12.5 Å². The third kappa shape index (κ3) is 4.00. The smallest absolute Gasteiger partial charge is 0.314 e. The van der Waals surface area contributed by atoms with Gasteiger partial charge in [0.1, 0.15) is 11.6 Å². The van der Waals surface area contributed by atoms with E-state index < -0.39 is 16.4 Å². The molecule has 0 aliphatic carbocycles. The Kier molecular flexibility index (Phi) is 4.84. The minimum absolute atomic E-state index is 0.0157. The van der Waals surface area contributed by atoms with Crippen molar-refractivity contribution in [3.8, 4) is 11.5 Å². The molecule has 0 aromatic heterocycles. The molecule has 0 unspecified atom stereocenters. The van der Waals surface area contributed by atoms with Gasteiger partial charge in [0.15, 0.2) is 0 Å². The average molecular weight is 290 g/mol. The maximum absolute atomic E-state index is 13.1. The SMILES string of the molecule is CCNCc1cccc(Oc2ccc(F)cc2[N+](=O)[O-])c1. The molecule has 5 nitrogen and oxygen atoms in total. The predicted molar refractivity (Wildman–Crippen MR) is 77.0 cm³/mol. The van der Waals surface area contributed by atoms with E-state index in [1.807, 2.05) is 13.0 Å². The first kappa shape index (κ1) is 14.9. The summed E-state index contributed by atoms with van der Waals surface area (Å²) in [5.74, 6) is -0.183. The maximum Gasteiger partial charge on any atom is 0.314 e. The van der Waals surface area contributed by atoms with Crippen LogP contribution < -0.4 is 10.1 Å². The second kappa shape index (κ2) is 6.81. The van der Waals surface area contributed by atoms with Crippen LogP contribution in [0.2, 0.25) is 0 Å². The third-order valence-electron chi connectivity index (χ3n) is 2.82. The number of nitrogens with one attached hydrogen (secondary N) is 1. The summed E-state index contributed by atoms with van der Waals surface area (Å²) < 4.78 is 18.6. The summed E-state index contributed by atoms with van der Waals surface area (Å²) >= 11 is 0. The number of hydrogen-bond donors (Lipinski definition) is 1. The van der Waals surface area contributed by atoms with Crippen LogP contribution >= 0.6 is 0 Å². The molecule has 0 atom stereocenters. The Bertz CT molecular complexity index is 647. The molecule has 0 spiro atoms. The summed E-state index contributed by atoms with van der Waals surface area (Å²) in [5.41, 5.74) is 0.603. The Labute approximate surface area is 121 Å². The molecule has 0 heterocycles. The highest BCUT2D eigenvalue weighted by molar-refractivity contribution is 5.48. The minimum atomic E-state index is -0.671. The van der Waals surface area contributed by atoms with Gasteiger partial charge in [-0.1, -0.05) is 19.1 Å². The van der Waals surface area contributed by atoms with Crippen LogP contribution in [0.25, 0.3) is 0 Å². The molecule has 21 heavy (non-hydrogen) atoms. The Hall–Kier alpha value is -2.47. The van der Waals surface area contributed by atoms with Crippen molar-refractivity contribution in [1.29, 1.82) is 0 Å². The van der Waals surface area contributed by atoms with Gasteiger partial charge in [-0.05, 0) is 36.4 Å². The fourth-order valence-electron chi connectivity index (χ4n) is 1.83. The van der Waals surface area contributed by atoms with Crippen molar-refractivity contribution in [3.63, 3.8) is 0 Å². The van der Waals surface area contributed by atoms with Gasteiger partial charge in [0.05, 0.1) is 11.0 Å². The quantitative estimate of drug-likeness (QED) is 0.651. The van der Waals surface area contributed by atoms with E-state index in [-0.39, 0.29) is 5.75 Å². The Morgan fingerprint density at radius 3 is 2.81 bits per heavy atom. The lowest BCUT2D eigenvalue weighted by Gasteiger charge is -2.08. The third-order valence-corrected chi connectivity index (χ3v) is 2.82.